The number of piperidine rings is 1. The van der Waals surface area contributed by atoms with E-state index in [1.807, 2.05) is 17.5 Å². The molecule has 2 atom stereocenters. The number of anilines is 1. The molecule has 0 spiro atoms. The van der Waals surface area contributed by atoms with Crippen LogP contribution in [-0.4, -0.2) is 28.9 Å². The maximum Gasteiger partial charge on any atom is 0.231 e. The molecule has 1 saturated heterocycles. The second-order valence-electron chi connectivity index (χ2n) is 4.98. The van der Waals surface area contributed by atoms with Crippen molar-refractivity contribution in [3.05, 3.63) is 34.7 Å². The van der Waals surface area contributed by atoms with Gasteiger partial charge in [0.1, 0.15) is 6.26 Å². The Kier molecular flexibility index (Phi) is 3.74. The van der Waals surface area contributed by atoms with Gasteiger partial charge in [-0.05, 0) is 17.9 Å². The molecule has 0 aromatic carbocycles. The summed E-state index contributed by atoms with van der Waals surface area (Å²) in [5.41, 5.74) is 0. The van der Waals surface area contributed by atoms with Crippen LogP contribution in [0.4, 0.5) is 5.82 Å². The molecular formula is C14H15N3O3S. The zero-order valence-corrected chi connectivity index (χ0v) is 12.3. The van der Waals surface area contributed by atoms with E-state index in [9.17, 15) is 9.59 Å². The molecular weight excluding hydrogens is 290 g/mol. The molecule has 0 unspecified atom stereocenters. The zero-order valence-electron chi connectivity index (χ0n) is 11.5. The Labute approximate surface area is 125 Å². The summed E-state index contributed by atoms with van der Waals surface area (Å²) >= 11 is 1.56. The number of carbonyl (C=O) groups excluding carboxylic acids is 2. The van der Waals surface area contributed by atoms with Crippen LogP contribution in [0.1, 0.15) is 23.8 Å². The Morgan fingerprint density at radius 3 is 3.05 bits per heavy atom. The summed E-state index contributed by atoms with van der Waals surface area (Å²) in [5, 5.41) is 8.38. The van der Waals surface area contributed by atoms with Crippen molar-refractivity contribution in [3.63, 3.8) is 0 Å². The highest BCUT2D eigenvalue weighted by molar-refractivity contribution is 7.10. The number of hydrogen-bond donors (Lipinski definition) is 1. The number of rotatable bonds is 3. The van der Waals surface area contributed by atoms with E-state index in [1.165, 1.54) is 6.26 Å². The van der Waals surface area contributed by atoms with Crippen LogP contribution in [-0.2, 0) is 9.59 Å². The Bertz CT molecular complexity index is 624. The van der Waals surface area contributed by atoms with Gasteiger partial charge in [-0.25, -0.2) is 0 Å². The fraction of sp³-hybridized carbons (Fsp3) is 0.357. The van der Waals surface area contributed by atoms with Crippen LogP contribution in [0.15, 0.2) is 34.4 Å². The standard InChI is InChI=1S/C14H15N3O3S/c1-17-12(18)5-4-9(13(17)10-3-2-8-21-10)14(19)15-11-6-7-20-16-11/h2-3,6-9,13H,4-5H2,1H3,(H,15,16,19)/t9-,13+/m0/s1. The lowest BCUT2D eigenvalue weighted by molar-refractivity contribution is -0.140. The van der Waals surface area contributed by atoms with Gasteiger partial charge in [-0.3, -0.25) is 9.59 Å². The maximum atomic E-state index is 12.5. The first-order valence-electron chi connectivity index (χ1n) is 6.67. The van der Waals surface area contributed by atoms with Crippen molar-refractivity contribution in [2.45, 2.75) is 18.9 Å². The Hall–Kier alpha value is -2.15. The predicted molar refractivity (Wildman–Crippen MR) is 77.7 cm³/mol. The van der Waals surface area contributed by atoms with Crippen molar-refractivity contribution in [3.8, 4) is 0 Å². The molecule has 21 heavy (non-hydrogen) atoms. The molecule has 7 heteroatoms. The average Bonchev–Trinajstić information content (AvgIpc) is 3.14. The van der Waals surface area contributed by atoms with Crippen LogP contribution < -0.4 is 5.32 Å². The van der Waals surface area contributed by atoms with Crippen molar-refractivity contribution in [1.29, 1.82) is 0 Å². The highest BCUT2D eigenvalue weighted by atomic mass is 32.1. The molecule has 3 heterocycles. The van der Waals surface area contributed by atoms with Crippen LogP contribution in [0.2, 0.25) is 0 Å². The monoisotopic (exact) mass is 305 g/mol. The minimum absolute atomic E-state index is 0.0684. The van der Waals surface area contributed by atoms with Crippen LogP contribution in [0.25, 0.3) is 0 Å². The number of nitrogens with one attached hydrogen (secondary N) is 1. The zero-order chi connectivity index (χ0) is 14.8. The third kappa shape index (κ3) is 2.69. The van der Waals surface area contributed by atoms with E-state index in [4.69, 9.17) is 4.52 Å². The minimum atomic E-state index is -0.289. The largest absolute Gasteiger partial charge is 0.363 e. The molecule has 1 aliphatic heterocycles. The molecule has 1 aliphatic rings. The van der Waals surface area contributed by atoms with Crippen molar-refractivity contribution < 1.29 is 14.1 Å². The normalized spacial score (nSPS) is 22.3. The molecule has 110 valence electrons. The highest BCUT2D eigenvalue weighted by Crippen LogP contribution is 2.38. The fourth-order valence-electron chi connectivity index (χ4n) is 2.66. The van der Waals surface area contributed by atoms with Gasteiger partial charge in [0.15, 0.2) is 5.82 Å². The summed E-state index contributed by atoms with van der Waals surface area (Å²) in [7, 11) is 1.75. The Morgan fingerprint density at radius 2 is 2.38 bits per heavy atom. The van der Waals surface area contributed by atoms with Gasteiger partial charge in [-0.2, -0.15) is 0 Å². The number of carbonyl (C=O) groups is 2. The molecule has 0 saturated carbocycles. The lowest BCUT2D eigenvalue weighted by atomic mass is 9.87. The van der Waals surface area contributed by atoms with Crippen LogP contribution in [0.3, 0.4) is 0 Å². The molecule has 6 nitrogen and oxygen atoms in total. The first-order valence-corrected chi connectivity index (χ1v) is 7.55. The summed E-state index contributed by atoms with van der Waals surface area (Å²) in [6, 6.07) is 5.26. The van der Waals surface area contributed by atoms with E-state index in [-0.39, 0.29) is 23.8 Å². The van der Waals surface area contributed by atoms with Gasteiger partial charge in [0, 0.05) is 24.4 Å². The molecule has 1 fully saturated rings. The first kappa shape index (κ1) is 13.8. The topological polar surface area (TPSA) is 75.4 Å². The molecule has 0 bridgehead atoms. The van der Waals surface area contributed by atoms with E-state index >= 15 is 0 Å². The number of nitrogens with zero attached hydrogens (tertiary/aromatic N) is 2. The highest BCUT2D eigenvalue weighted by Gasteiger charge is 2.39. The summed E-state index contributed by atoms with van der Waals surface area (Å²) in [6.45, 7) is 0. The molecule has 0 radical (unpaired) electrons. The number of thiophene rings is 1. The summed E-state index contributed by atoms with van der Waals surface area (Å²) in [6.07, 6.45) is 2.33. The van der Waals surface area contributed by atoms with Crippen LogP contribution >= 0.6 is 11.3 Å². The third-order valence-corrected chi connectivity index (χ3v) is 4.66. The number of likely N-dealkylation sites (tertiary alicyclic amines) is 1. The quantitative estimate of drug-likeness (QED) is 0.944. The summed E-state index contributed by atoms with van der Waals surface area (Å²) in [4.78, 5) is 27.1. The maximum absolute atomic E-state index is 12.5. The minimum Gasteiger partial charge on any atom is -0.363 e. The SMILES string of the molecule is CN1C(=O)CC[C@H](C(=O)Nc2ccon2)[C@@H]1c1cccs1. The molecule has 2 aromatic heterocycles. The number of hydrogen-bond acceptors (Lipinski definition) is 5. The molecule has 3 rings (SSSR count). The van der Waals surface area contributed by atoms with Gasteiger partial charge < -0.3 is 14.7 Å². The molecule has 2 aromatic rings. The predicted octanol–water partition coefficient (Wildman–Crippen LogP) is 2.28. The second-order valence-corrected chi connectivity index (χ2v) is 5.96. The van der Waals surface area contributed by atoms with Crippen molar-refractivity contribution in [2.24, 2.45) is 5.92 Å². The Morgan fingerprint density at radius 1 is 1.52 bits per heavy atom. The van der Waals surface area contributed by atoms with E-state index in [0.717, 1.165) is 4.88 Å². The third-order valence-electron chi connectivity index (χ3n) is 3.72. The van der Waals surface area contributed by atoms with E-state index in [1.54, 1.807) is 29.4 Å². The lowest BCUT2D eigenvalue weighted by Gasteiger charge is -2.37. The van der Waals surface area contributed by atoms with E-state index in [2.05, 4.69) is 10.5 Å². The second kappa shape index (κ2) is 5.69. The smallest absolute Gasteiger partial charge is 0.231 e. The van der Waals surface area contributed by atoms with Crippen LogP contribution in [0.5, 0.6) is 0 Å². The van der Waals surface area contributed by atoms with Gasteiger partial charge in [0.25, 0.3) is 0 Å². The van der Waals surface area contributed by atoms with Gasteiger partial charge in [-0.1, -0.05) is 11.2 Å². The number of aromatic nitrogens is 1. The fourth-order valence-corrected chi connectivity index (χ4v) is 3.59. The Balaban J connectivity index is 1.84. The summed E-state index contributed by atoms with van der Waals surface area (Å²) in [5.74, 6) is 0.0352. The average molecular weight is 305 g/mol. The van der Waals surface area contributed by atoms with E-state index in [0.29, 0.717) is 18.7 Å². The van der Waals surface area contributed by atoms with Crippen molar-refractivity contribution in [1.82, 2.24) is 10.1 Å². The van der Waals surface area contributed by atoms with Gasteiger partial charge in [0.2, 0.25) is 11.8 Å². The van der Waals surface area contributed by atoms with Gasteiger partial charge in [0.05, 0.1) is 12.0 Å². The first-order chi connectivity index (χ1) is 10.2. The number of amides is 2. The van der Waals surface area contributed by atoms with Crippen LogP contribution in [0, 0.1) is 5.92 Å². The molecule has 0 aliphatic carbocycles. The van der Waals surface area contributed by atoms with Gasteiger partial charge in [-0.15, -0.1) is 11.3 Å². The molecule has 1 N–H and O–H groups in total. The molecule has 2 amide bonds. The lowest BCUT2D eigenvalue weighted by Crippen LogP contribution is -2.44. The van der Waals surface area contributed by atoms with E-state index < -0.39 is 0 Å². The van der Waals surface area contributed by atoms with Gasteiger partial charge >= 0.3 is 0 Å². The van der Waals surface area contributed by atoms with Crippen molar-refractivity contribution in [2.75, 3.05) is 12.4 Å². The summed E-state index contributed by atoms with van der Waals surface area (Å²) < 4.78 is 4.71. The van der Waals surface area contributed by atoms with Crippen molar-refractivity contribution >= 4 is 29.0 Å².